The Balaban J connectivity index is 3.24. The minimum absolute atomic E-state index is 0.0306. The first-order valence-corrected chi connectivity index (χ1v) is 6.05. The minimum Gasteiger partial charge on any atom is -0.481 e. The molecule has 18 heavy (non-hydrogen) atoms. The summed E-state index contributed by atoms with van der Waals surface area (Å²) in [7, 11) is 0. The predicted octanol–water partition coefficient (Wildman–Crippen LogP) is 2.95. The van der Waals surface area contributed by atoms with Crippen molar-refractivity contribution in [1.29, 1.82) is 0 Å². The minimum atomic E-state index is -4.90. The fraction of sp³-hybridized carbons (Fsp3) is 0.333. The predicted molar refractivity (Wildman–Crippen MR) is 64.5 cm³/mol. The molecule has 9 heteroatoms. The average molecular weight is 396 g/mol. The summed E-state index contributed by atoms with van der Waals surface area (Å²) in [4.78, 5) is 14.3. The largest absolute Gasteiger partial charge is 0.573 e. The van der Waals surface area contributed by atoms with E-state index in [4.69, 9.17) is 16.7 Å². The SMILES string of the molecule is O=C(O)Cc1c(OC(F)(F)F)cnc(CCl)c1I. The number of pyridine rings is 1. The van der Waals surface area contributed by atoms with Crippen molar-refractivity contribution in [3.05, 3.63) is 21.0 Å². The summed E-state index contributed by atoms with van der Waals surface area (Å²) < 4.78 is 40.4. The Morgan fingerprint density at radius 1 is 1.56 bits per heavy atom. The van der Waals surface area contributed by atoms with E-state index in [2.05, 4.69) is 9.72 Å². The number of aliphatic carboxylic acids is 1. The first-order valence-electron chi connectivity index (χ1n) is 4.44. The molecule has 0 spiro atoms. The molecule has 0 unspecified atom stereocenters. The Kier molecular flexibility index (Phi) is 5.02. The van der Waals surface area contributed by atoms with Crippen molar-refractivity contribution in [3.63, 3.8) is 0 Å². The van der Waals surface area contributed by atoms with Crippen molar-refractivity contribution >= 4 is 40.2 Å². The summed E-state index contributed by atoms with van der Waals surface area (Å²) >= 11 is 7.24. The van der Waals surface area contributed by atoms with Crippen LogP contribution in [-0.2, 0) is 17.1 Å². The van der Waals surface area contributed by atoms with E-state index in [1.807, 2.05) is 0 Å². The van der Waals surface area contributed by atoms with Crippen molar-refractivity contribution < 1.29 is 27.8 Å². The van der Waals surface area contributed by atoms with Gasteiger partial charge < -0.3 is 9.84 Å². The Hall–Kier alpha value is -0.770. The highest BCUT2D eigenvalue weighted by atomic mass is 127. The number of carboxylic acids is 1. The maximum atomic E-state index is 12.1. The molecule has 0 saturated heterocycles. The van der Waals surface area contributed by atoms with Crippen LogP contribution in [0.5, 0.6) is 5.75 Å². The maximum Gasteiger partial charge on any atom is 0.573 e. The van der Waals surface area contributed by atoms with Crippen molar-refractivity contribution in [2.45, 2.75) is 18.7 Å². The molecule has 0 radical (unpaired) electrons. The number of aromatic nitrogens is 1. The van der Waals surface area contributed by atoms with Crippen molar-refractivity contribution in [3.8, 4) is 5.75 Å². The molecular formula is C9H6ClF3INO3. The van der Waals surface area contributed by atoms with Gasteiger partial charge in [0.05, 0.1) is 24.2 Å². The molecule has 0 bridgehead atoms. The van der Waals surface area contributed by atoms with Crippen LogP contribution in [0.2, 0.25) is 0 Å². The second-order valence-electron chi connectivity index (χ2n) is 3.11. The zero-order chi connectivity index (χ0) is 13.9. The van der Waals surface area contributed by atoms with E-state index in [1.165, 1.54) is 0 Å². The van der Waals surface area contributed by atoms with Crippen LogP contribution in [-0.4, -0.2) is 22.4 Å². The quantitative estimate of drug-likeness (QED) is 0.629. The van der Waals surface area contributed by atoms with Gasteiger partial charge in [-0.05, 0) is 22.6 Å². The molecule has 1 aromatic heterocycles. The van der Waals surface area contributed by atoms with Gasteiger partial charge in [-0.2, -0.15) is 0 Å². The fourth-order valence-electron chi connectivity index (χ4n) is 1.18. The van der Waals surface area contributed by atoms with Gasteiger partial charge in [-0.3, -0.25) is 9.78 Å². The van der Waals surface area contributed by atoms with Gasteiger partial charge in [0, 0.05) is 9.13 Å². The zero-order valence-electron chi connectivity index (χ0n) is 8.59. The normalized spacial score (nSPS) is 11.4. The fourth-order valence-corrected chi connectivity index (χ4v) is 2.39. The molecule has 4 nitrogen and oxygen atoms in total. The molecule has 0 aromatic carbocycles. The first-order chi connectivity index (χ1) is 8.24. The van der Waals surface area contributed by atoms with E-state index >= 15 is 0 Å². The summed E-state index contributed by atoms with van der Waals surface area (Å²) in [6.07, 6.45) is -4.68. The van der Waals surface area contributed by atoms with Crippen molar-refractivity contribution in [2.75, 3.05) is 0 Å². The topological polar surface area (TPSA) is 59.4 Å². The van der Waals surface area contributed by atoms with Crippen LogP contribution in [0.25, 0.3) is 0 Å². The van der Waals surface area contributed by atoms with Crippen LogP contribution in [0.3, 0.4) is 0 Å². The van der Waals surface area contributed by atoms with E-state index in [0.717, 1.165) is 6.20 Å². The third-order valence-corrected chi connectivity index (χ3v) is 3.36. The second-order valence-corrected chi connectivity index (χ2v) is 4.46. The molecule has 1 N–H and O–H groups in total. The highest BCUT2D eigenvalue weighted by Crippen LogP contribution is 2.31. The first kappa shape index (κ1) is 15.3. The Labute approximate surface area is 118 Å². The van der Waals surface area contributed by atoms with Gasteiger partial charge in [0.1, 0.15) is 0 Å². The molecule has 0 atom stereocenters. The molecular weight excluding hydrogens is 389 g/mol. The molecule has 0 saturated carbocycles. The van der Waals surface area contributed by atoms with Crippen molar-refractivity contribution in [1.82, 2.24) is 4.98 Å². The Morgan fingerprint density at radius 2 is 2.17 bits per heavy atom. The zero-order valence-corrected chi connectivity index (χ0v) is 11.5. The van der Waals surface area contributed by atoms with Crippen molar-refractivity contribution in [2.24, 2.45) is 0 Å². The number of rotatable bonds is 4. The van der Waals surface area contributed by atoms with E-state index < -0.39 is 24.5 Å². The van der Waals surface area contributed by atoms with Crippen LogP contribution in [0.15, 0.2) is 6.20 Å². The summed E-state index contributed by atoms with van der Waals surface area (Å²) in [6.45, 7) is 0. The monoisotopic (exact) mass is 395 g/mol. The summed E-state index contributed by atoms with van der Waals surface area (Å²) in [5.74, 6) is -1.92. The van der Waals surface area contributed by atoms with Gasteiger partial charge in [0.25, 0.3) is 0 Å². The molecule has 0 aliphatic heterocycles. The number of carboxylic acid groups (broad SMARTS) is 1. The Morgan fingerprint density at radius 3 is 2.61 bits per heavy atom. The van der Waals surface area contributed by atoms with Gasteiger partial charge >= 0.3 is 12.3 Å². The van der Waals surface area contributed by atoms with Gasteiger partial charge in [0.2, 0.25) is 0 Å². The number of hydrogen-bond acceptors (Lipinski definition) is 3. The van der Waals surface area contributed by atoms with Crippen LogP contribution in [0.1, 0.15) is 11.3 Å². The Bertz CT molecular complexity index is 467. The molecule has 0 fully saturated rings. The van der Waals surface area contributed by atoms with Gasteiger partial charge in [-0.25, -0.2) is 0 Å². The third-order valence-electron chi connectivity index (χ3n) is 1.83. The number of nitrogens with zero attached hydrogens (tertiary/aromatic N) is 1. The molecule has 1 rings (SSSR count). The lowest BCUT2D eigenvalue weighted by atomic mass is 10.1. The lowest BCUT2D eigenvalue weighted by Crippen LogP contribution is -2.20. The standard InChI is InChI=1S/C9H6ClF3INO3/c10-2-5-8(14)4(1-7(16)17)6(3-15-5)18-9(11,12)13/h3H,1-2H2,(H,16,17). The van der Waals surface area contributed by atoms with Crippen LogP contribution in [0.4, 0.5) is 13.2 Å². The molecule has 100 valence electrons. The number of halogens is 5. The van der Waals surface area contributed by atoms with E-state index in [-0.39, 0.29) is 15.0 Å². The van der Waals surface area contributed by atoms with Gasteiger partial charge in [-0.15, -0.1) is 24.8 Å². The van der Waals surface area contributed by atoms with Crippen LogP contribution >= 0.6 is 34.2 Å². The van der Waals surface area contributed by atoms with Crippen LogP contribution in [0, 0.1) is 3.57 Å². The average Bonchev–Trinajstić information content (AvgIpc) is 2.21. The smallest absolute Gasteiger partial charge is 0.481 e. The number of carbonyl (C=O) groups is 1. The third kappa shape index (κ3) is 4.16. The van der Waals surface area contributed by atoms with Gasteiger partial charge in [0.15, 0.2) is 5.75 Å². The summed E-state index contributed by atoms with van der Waals surface area (Å²) in [5, 5.41) is 8.68. The lowest BCUT2D eigenvalue weighted by Gasteiger charge is -2.14. The van der Waals surface area contributed by atoms with E-state index in [1.54, 1.807) is 22.6 Å². The molecule has 0 aliphatic carbocycles. The molecule has 0 amide bonds. The lowest BCUT2D eigenvalue weighted by molar-refractivity contribution is -0.275. The van der Waals surface area contributed by atoms with E-state index in [0.29, 0.717) is 5.69 Å². The number of alkyl halides is 4. The van der Waals surface area contributed by atoms with Crippen LogP contribution < -0.4 is 4.74 Å². The molecule has 0 aliphatic rings. The molecule has 1 aromatic rings. The number of ether oxygens (including phenoxy) is 1. The van der Waals surface area contributed by atoms with E-state index in [9.17, 15) is 18.0 Å². The molecule has 1 heterocycles. The second kappa shape index (κ2) is 5.91. The highest BCUT2D eigenvalue weighted by molar-refractivity contribution is 14.1. The van der Waals surface area contributed by atoms with Gasteiger partial charge in [-0.1, -0.05) is 0 Å². The highest BCUT2D eigenvalue weighted by Gasteiger charge is 2.33. The summed E-state index contributed by atoms with van der Waals surface area (Å²) in [6, 6.07) is 0. The summed E-state index contributed by atoms with van der Waals surface area (Å²) in [5.41, 5.74) is 0.217. The maximum absolute atomic E-state index is 12.1. The number of hydrogen-bond donors (Lipinski definition) is 1.